The molecule has 1 fully saturated rings. The van der Waals surface area contributed by atoms with Crippen molar-refractivity contribution in [3.63, 3.8) is 0 Å². The summed E-state index contributed by atoms with van der Waals surface area (Å²) in [5, 5.41) is 4.39. The largest absolute Gasteiger partial charge is 0.399 e. The van der Waals surface area contributed by atoms with E-state index >= 15 is 0 Å². The zero-order chi connectivity index (χ0) is 14.8. The van der Waals surface area contributed by atoms with E-state index in [1.807, 2.05) is 40.9 Å². The van der Waals surface area contributed by atoms with E-state index in [-0.39, 0.29) is 11.9 Å². The molecule has 2 aromatic rings. The van der Waals surface area contributed by atoms with Gasteiger partial charge in [0, 0.05) is 36.0 Å². The first-order valence-corrected chi connectivity index (χ1v) is 8.11. The van der Waals surface area contributed by atoms with Gasteiger partial charge in [-0.05, 0) is 31.2 Å². The highest BCUT2D eigenvalue weighted by molar-refractivity contribution is 7.99. The van der Waals surface area contributed by atoms with Crippen LogP contribution in [0.5, 0.6) is 0 Å². The first-order chi connectivity index (χ1) is 10.1. The molecule has 0 bridgehead atoms. The maximum absolute atomic E-state index is 12.5. The van der Waals surface area contributed by atoms with E-state index < -0.39 is 0 Å². The van der Waals surface area contributed by atoms with E-state index in [4.69, 9.17) is 5.73 Å². The van der Waals surface area contributed by atoms with Crippen LogP contribution in [0.1, 0.15) is 17.4 Å². The fourth-order valence-corrected chi connectivity index (χ4v) is 3.44. The highest BCUT2D eigenvalue weighted by atomic mass is 32.2. The van der Waals surface area contributed by atoms with Crippen molar-refractivity contribution in [3.05, 3.63) is 42.2 Å². The number of nitrogens with two attached hydrogens (primary N) is 1. The second kappa shape index (κ2) is 5.81. The lowest BCUT2D eigenvalue weighted by Crippen LogP contribution is -2.44. The van der Waals surface area contributed by atoms with Crippen LogP contribution < -0.4 is 5.73 Å². The van der Waals surface area contributed by atoms with Gasteiger partial charge in [0.1, 0.15) is 0 Å². The minimum Gasteiger partial charge on any atom is -0.399 e. The van der Waals surface area contributed by atoms with Crippen LogP contribution in [0.4, 0.5) is 5.69 Å². The number of aromatic nitrogens is 2. The first-order valence-electron chi connectivity index (χ1n) is 6.95. The van der Waals surface area contributed by atoms with Gasteiger partial charge in [-0.1, -0.05) is 6.07 Å². The molecule has 6 heteroatoms. The van der Waals surface area contributed by atoms with Crippen LogP contribution in [0, 0.1) is 0 Å². The van der Waals surface area contributed by atoms with Crippen LogP contribution in [0.15, 0.2) is 36.5 Å². The van der Waals surface area contributed by atoms with Gasteiger partial charge >= 0.3 is 0 Å². The number of hydrogen-bond acceptors (Lipinski definition) is 4. The van der Waals surface area contributed by atoms with Gasteiger partial charge in [0.25, 0.3) is 5.91 Å². The van der Waals surface area contributed by atoms with Crippen LogP contribution >= 0.6 is 11.8 Å². The molecule has 5 nitrogen and oxygen atoms in total. The predicted octanol–water partition coefficient (Wildman–Crippen LogP) is 2.03. The number of carbonyl (C=O) groups excluding carboxylic acids is 1. The van der Waals surface area contributed by atoms with Gasteiger partial charge in [-0.25, -0.2) is 4.68 Å². The maximum atomic E-state index is 12.5. The molecule has 1 saturated heterocycles. The van der Waals surface area contributed by atoms with Crippen LogP contribution in [-0.4, -0.2) is 44.7 Å². The lowest BCUT2D eigenvalue weighted by molar-refractivity contribution is 0.0709. The molecule has 1 aliphatic rings. The van der Waals surface area contributed by atoms with E-state index in [2.05, 4.69) is 12.0 Å². The van der Waals surface area contributed by atoms with Gasteiger partial charge in [-0.2, -0.15) is 16.9 Å². The molecule has 1 aromatic carbocycles. The minimum absolute atomic E-state index is 0.00505. The van der Waals surface area contributed by atoms with Gasteiger partial charge in [-0.3, -0.25) is 4.79 Å². The molecular weight excluding hydrogens is 284 g/mol. The van der Waals surface area contributed by atoms with Crippen molar-refractivity contribution < 1.29 is 4.79 Å². The van der Waals surface area contributed by atoms with Crippen molar-refractivity contribution in [1.29, 1.82) is 0 Å². The molecule has 1 atom stereocenters. The highest BCUT2D eigenvalue weighted by Crippen LogP contribution is 2.19. The molecule has 1 amide bonds. The third-order valence-corrected chi connectivity index (χ3v) is 4.76. The van der Waals surface area contributed by atoms with Crippen molar-refractivity contribution >= 4 is 23.4 Å². The Morgan fingerprint density at radius 3 is 3.05 bits per heavy atom. The van der Waals surface area contributed by atoms with Crippen molar-refractivity contribution in [3.8, 4) is 5.69 Å². The molecule has 2 heterocycles. The molecule has 0 spiro atoms. The number of anilines is 1. The molecular formula is C15H18N4OS. The van der Waals surface area contributed by atoms with Gasteiger partial charge in [-0.15, -0.1) is 0 Å². The summed E-state index contributed by atoms with van der Waals surface area (Å²) in [5.41, 5.74) is 7.80. The van der Waals surface area contributed by atoms with Crippen LogP contribution in [0.2, 0.25) is 0 Å². The summed E-state index contributed by atoms with van der Waals surface area (Å²) in [6, 6.07) is 9.47. The van der Waals surface area contributed by atoms with Crippen molar-refractivity contribution in [2.24, 2.45) is 0 Å². The molecule has 21 heavy (non-hydrogen) atoms. The zero-order valence-electron chi connectivity index (χ0n) is 11.9. The number of hydrogen-bond donors (Lipinski definition) is 1. The number of carbonyl (C=O) groups is 1. The maximum Gasteiger partial charge on any atom is 0.274 e. The van der Waals surface area contributed by atoms with E-state index in [1.165, 1.54) is 0 Å². The third-order valence-electron chi connectivity index (χ3n) is 3.57. The topological polar surface area (TPSA) is 64.2 Å². The molecule has 2 N–H and O–H groups in total. The summed E-state index contributed by atoms with van der Waals surface area (Å²) in [6.07, 6.45) is 1.80. The summed E-state index contributed by atoms with van der Waals surface area (Å²) in [5.74, 6) is 1.98. The SMILES string of the molecule is CC1CSCCN1C(=O)c1ccn(-c2cccc(N)c2)n1. The standard InChI is InChI=1S/C15H18N4OS/c1-11-10-21-8-7-18(11)15(20)14-5-6-19(17-14)13-4-2-3-12(16)9-13/h2-6,9,11H,7-8,10,16H2,1H3. The van der Waals surface area contributed by atoms with Crippen LogP contribution in [0.3, 0.4) is 0 Å². The lowest BCUT2D eigenvalue weighted by Gasteiger charge is -2.32. The predicted molar refractivity (Wildman–Crippen MR) is 85.8 cm³/mol. The van der Waals surface area contributed by atoms with E-state index in [1.54, 1.807) is 16.9 Å². The summed E-state index contributed by atoms with van der Waals surface area (Å²) >= 11 is 1.89. The van der Waals surface area contributed by atoms with Crippen LogP contribution in [-0.2, 0) is 0 Å². The number of thioether (sulfide) groups is 1. The summed E-state index contributed by atoms with van der Waals surface area (Å²) in [7, 11) is 0. The lowest BCUT2D eigenvalue weighted by atomic mass is 10.2. The average Bonchev–Trinajstić information content (AvgIpc) is 2.97. The summed E-state index contributed by atoms with van der Waals surface area (Å²) < 4.78 is 1.69. The second-order valence-corrected chi connectivity index (χ2v) is 6.31. The number of amides is 1. The first kappa shape index (κ1) is 14.0. The minimum atomic E-state index is 0.00505. The molecule has 0 aliphatic carbocycles. The Balaban J connectivity index is 1.83. The van der Waals surface area contributed by atoms with E-state index in [0.29, 0.717) is 11.4 Å². The van der Waals surface area contributed by atoms with Gasteiger partial charge in [0.05, 0.1) is 5.69 Å². The molecule has 3 rings (SSSR count). The van der Waals surface area contributed by atoms with Gasteiger partial charge < -0.3 is 10.6 Å². The van der Waals surface area contributed by atoms with Crippen molar-refractivity contribution in [1.82, 2.24) is 14.7 Å². The normalized spacial score (nSPS) is 18.7. The van der Waals surface area contributed by atoms with E-state index in [9.17, 15) is 4.79 Å². The highest BCUT2D eigenvalue weighted by Gasteiger charge is 2.26. The smallest absolute Gasteiger partial charge is 0.274 e. The number of rotatable bonds is 2. The molecule has 110 valence electrons. The summed E-state index contributed by atoms with van der Waals surface area (Å²) in [6.45, 7) is 2.87. The Bertz CT molecular complexity index is 655. The molecule has 0 saturated carbocycles. The number of nitrogen functional groups attached to an aromatic ring is 1. The zero-order valence-corrected chi connectivity index (χ0v) is 12.7. The molecule has 0 radical (unpaired) electrons. The second-order valence-electron chi connectivity index (χ2n) is 5.16. The Kier molecular flexibility index (Phi) is 3.88. The molecule has 1 aliphatic heterocycles. The van der Waals surface area contributed by atoms with Crippen molar-refractivity contribution in [2.45, 2.75) is 13.0 Å². The van der Waals surface area contributed by atoms with Gasteiger partial charge in [0.15, 0.2) is 5.69 Å². The number of benzene rings is 1. The van der Waals surface area contributed by atoms with Crippen molar-refractivity contribution in [2.75, 3.05) is 23.8 Å². The van der Waals surface area contributed by atoms with Gasteiger partial charge in [0.2, 0.25) is 0 Å². The molecule has 1 unspecified atom stereocenters. The van der Waals surface area contributed by atoms with E-state index in [0.717, 1.165) is 23.7 Å². The fourth-order valence-electron chi connectivity index (χ4n) is 2.43. The third kappa shape index (κ3) is 2.90. The summed E-state index contributed by atoms with van der Waals surface area (Å²) in [4.78, 5) is 14.4. The Hall–Kier alpha value is -1.95. The number of nitrogens with zero attached hydrogens (tertiary/aromatic N) is 3. The Morgan fingerprint density at radius 2 is 2.29 bits per heavy atom. The molecule has 1 aromatic heterocycles. The Labute approximate surface area is 128 Å². The Morgan fingerprint density at radius 1 is 1.43 bits per heavy atom. The van der Waals surface area contributed by atoms with Crippen LogP contribution in [0.25, 0.3) is 5.69 Å². The monoisotopic (exact) mass is 302 g/mol. The quantitative estimate of drug-likeness (QED) is 0.862. The average molecular weight is 302 g/mol. The fraction of sp³-hybridized carbons (Fsp3) is 0.333.